The van der Waals surface area contributed by atoms with Gasteiger partial charge in [-0.15, -0.1) is 0 Å². The van der Waals surface area contributed by atoms with Crippen LogP contribution in [0.3, 0.4) is 0 Å². The van der Waals surface area contributed by atoms with Crippen molar-refractivity contribution in [3.05, 3.63) is 167 Å². The molecule has 1 aliphatic carbocycles. The number of allylic oxidation sites excluding steroid dienone is 5. The van der Waals surface area contributed by atoms with Crippen molar-refractivity contribution in [3.8, 4) is 0 Å². The first-order valence-corrected chi connectivity index (χ1v) is 13.3. The number of hydrogen-bond acceptors (Lipinski definition) is 3. The second-order valence-corrected chi connectivity index (χ2v) is 9.73. The zero-order valence-corrected chi connectivity index (χ0v) is 22.5. The normalized spacial score (nSPS) is 12.6. The zero-order chi connectivity index (χ0) is 27.5. The Kier molecular flexibility index (Phi) is 6.82. The Morgan fingerprint density at radius 3 is 2.00 bits per heavy atom. The molecule has 1 aliphatic rings. The third-order valence-electron chi connectivity index (χ3n) is 7.32. The number of anilines is 2. The minimum atomic E-state index is -0.0483. The van der Waals surface area contributed by atoms with E-state index in [0.29, 0.717) is 16.5 Å². The molecule has 0 aliphatic heterocycles. The van der Waals surface area contributed by atoms with Crippen LogP contribution in [-0.4, -0.2) is 24.4 Å². The van der Waals surface area contributed by atoms with Gasteiger partial charge in [-0.1, -0.05) is 60.7 Å². The van der Waals surface area contributed by atoms with Crippen LogP contribution in [-0.2, 0) is 0 Å². The molecule has 0 saturated heterocycles. The fraction of sp³-hybridized carbons (Fsp3) is 0.0556. The Hall–Kier alpha value is -5.22. The fourth-order valence-electron chi connectivity index (χ4n) is 5.03. The molecule has 1 aromatic heterocycles. The first kappa shape index (κ1) is 25.1. The van der Waals surface area contributed by atoms with Gasteiger partial charge in [-0.2, -0.15) is 4.58 Å². The third-order valence-corrected chi connectivity index (χ3v) is 7.32. The molecule has 1 heterocycles. The Morgan fingerprint density at radius 2 is 1.30 bits per heavy atom. The lowest BCUT2D eigenvalue weighted by Gasteiger charge is -2.20. The maximum Gasteiger partial charge on any atom is 0.205 e. The molecule has 4 nitrogen and oxygen atoms in total. The van der Waals surface area contributed by atoms with Crippen LogP contribution in [0.15, 0.2) is 155 Å². The highest BCUT2D eigenvalue weighted by atomic mass is 16.3. The molecule has 4 aromatic carbocycles. The summed E-state index contributed by atoms with van der Waals surface area (Å²) < 4.78 is 8.09. The summed E-state index contributed by atoms with van der Waals surface area (Å²) in [4.78, 5) is 15.9. The molecule has 0 fully saturated rings. The van der Waals surface area contributed by atoms with Crippen molar-refractivity contribution in [2.75, 3.05) is 19.0 Å². The summed E-state index contributed by atoms with van der Waals surface area (Å²) in [6, 6.07) is 36.2. The molecule has 194 valence electrons. The summed E-state index contributed by atoms with van der Waals surface area (Å²) >= 11 is 0. The number of para-hydroxylation sites is 3. The van der Waals surface area contributed by atoms with E-state index in [0.717, 1.165) is 39.5 Å². The van der Waals surface area contributed by atoms with E-state index in [9.17, 15) is 4.79 Å². The Morgan fingerprint density at radius 1 is 0.700 bits per heavy atom. The van der Waals surface area contributed by atoms with Crippen molar-refractivity contribution in [2.45, 2.75) is 0 Å². The van der Waals surface area contributed by atoms with E-state index in [1.165, 1.54) is 0 Å². The highest BCUT2D eigenvalue weighted by molar-refractivity contribution is 6.04. The van der Waals surface area contributed by atoms with Gasteiger partial charge in [-0.05, 0) is 59.7 Å². The van der Waals surface area contributed by atoms with E-state index in [1.807, 2.05) is 60.7 Å². The first-order chi connectivity index (χ1) is 19.6. The summed E-state index contributed by atoms with van der Waals surface area (Å²) in [7, 11) is 4.10. The molecule has 5 aromatic rings. The topological polar surface area (TPSA) is 36.5 Å². The van der Waals surface area contributed by atoms with Crippen molar-refractivity contribution in [1.29, 1.82) is 0 Å². The van der Waals surface area contributed by atoms with Gasteiger partial charge in [0.15, 0.2) is 0 Å². The summed E-state index contributed by atoms with van der Waals surface area (Å²) in [6.45, 7) is 0. The van der Waals surface area contributed by atoms with Gasteiger partial charge in [0.1, 0.15) is 18.9 Å². The Labute approximate surface area is 233 Å². The first-order valence-electron chi connectivity index (χ1n) is 13.3. The second kappa shape index (κ2) is 10.9. The van der Waals surface area contributed by atoms with E-state index in [1.54, 1.807) is 6.26 Å². The average Bonchev–Trinajstić information content (AvgIpc) is 3.03. The second-order valence-electron chi connectivity index (χ2n) is 9.73. The monoisotopic (exact) mass is 521 g/mol. The van der Waals surface area contributed by atoms with Gasteiger partial charge < -0.3 is 9.32 Å². The molecule has 0 radical (unpaired) electrons. The maximum atomic E-state index is 13.7. The number of fused-ring (bicyclic) bond motifs is 1. The van der Waals surface area contributed by atoms with Crippen LogP contribution in [0.25, 0.3) is 16.5 Å². The van der Waals surface area contributed by atoms with Crippen LogP contribution >= 0.6 is 0 Å². The molecular weight excluding hydrogens is 492 g/mol. The SMILES string of the molecule is CN(c1ccccc1)c1ccc(C(=C2C=CC(=[N+](C)c3ccccc3)C=C2)c2coc3ccccc3c2=O)cc1. The number of rotatable bonds is 5. The van der Waals surface area contributed by atoms with Gasteiger partial charge in [-0.25, -0.2) is 0 Å². The molecule has 0 unspecified atom stereocenters. The molecular formula is C36H29N2O2+. The van der Waals surface area contributed by atoms with Crippen LogP contribution < -0.4 is 10.3 Å². The van der Waals surface area contributed by atoms with Crippen LogP contribution in [0.2, 0.25) is 0 Å². The van der Waals surface area contributed by atoms with Gasteiger partial charge >= 0.3 is 0 Å². The van der Waals surface area contributed by atoms with E-state index >= 15 is 0 Å². The summed E-state index contributed by atoms with van der Waals surface area (Å²) in [5.74, 6) is 0. The van der Waals surface area contributed by atoms with Crippen molar-refractivity contribution in [2.24, 2.45) is 0 Å². The van der Waals surface area contributed by atoms with Crippen LogP contribution in [0, 0.1) is 0 Å². The largest absolute Gasteiger partial charge is 0.463 e. The van der Waals surface area contributed by atoms with Crippen molar-refractivity contribution in [1.82, 2.24) is 0 Å². The number of benzene rings is 4. The molecule has 6 rings (SSSR count). The number of hydrogen-bond donors (Lipinski definition) is 0. The highest BCUT2D eigenvalue weighted by Gasteiger charge is 2.19. The van der Waals surface area contributed by atoms with Gasteiger partial charge in [0.25, 0.3) is 0 Å². The lowest BCUT2D eigenvalue weighted by Crippen LogP contribution is -2.13. The van der Waals surface area contributed by atoms with E-state index in [-0.39, 0.29) is 5.43 Å². The van der Waals surface area contributed by atoms with Gasteiger partial charge in [0.2, 0.25) is 16.8 Å². The van der Waals surface area contributed by atoms with Crippen molar-refractivity contribution in [3.63, 3.8) is 0 Å². The molecule has 0 spiro atoms. The van der Waals surface area contributed by atoms with Crippen LogP contribution in [0.5, 0.6) is 0 Å². The highest BCUT2D eigenvalue weighted by Crippen LogP contribution is 2.32. The maximum absolute atomic E-state index is 13.7. The molecule has 0 atom stereocenters. The van der Waals surface area contributed by atoms with Crippen LogP contribution in [0.4, 0.5) is 17.1 Å². The minimum Gasteiger partial charge on any atom is -0.463 e. The molecule has 0 saturated carbocycles. The average molecular weight is 522 g/mol. The Balaban J connectivity index is 1.47. The predicted octanol–water partition coefficient (Wildman–Crippen LogP) is 7.90. The molecule has 0 bridgehead atoms. The molecule has 0 N–H and O–H groups in total. The van der Waals surface area contributed by atoms with E-state index in [2.05, 4.69) is 96.4 Å². The summed E-state index contributed by atoms with van der Waals surface area (Å²) in [6.07, 6.45) is 9.91. The van der Waals surface area contributed by atoms with E-state index in [4.69, 9.17) is 4.42 Å². The minimum absolute atomic E-state index is 0.0483. The smallest absolute Gasteiger partial charge is 0.205 e. The van der Waals surface area contributed by atoms with E-state index < -0.39 is 0 Å². The molecule has 4 heteroatoms. The molecule has 40 heavy (non-hydrogen) atoms. The summed E-state index contributed by atoms with van der Waals surface area (Å²) in [5, 5.41) is 0.568. The quantitative estimate of drug-likeness (QED) is 0.221. The van der Waals surface area contributed by atoms with Crippen molar-refractivity contribution < 1.29 is 8.99 Å². The molecule has 0 amide bonds. The van der Waals surface area contributed by atoms with Gasteiger partial charge in [0, 0.05) is 48.3 Å². The number of nitrogens with zero attached hydrogens (tertiary/aromatic N) is 2. The Bertz CT molecular complexity index is 1840. The fourth-order valence-corrected chi connectivity index (χ4v) is 5.03. The van der Waals surface area contributed by atoms with Crippen LogP contribution in [0.1, 0.15) is 11.1 Å². The standard InChI is InChI=1S/C36H29N2O2/c1-37(28-11-5-3-6-12-28)30-21-17-26(18-22-30)35(33-25-40-34-16-10-9-15-32(34)36(33)39)27-19-23-31(24-20-27)38(2)29-13-7-4-8-14-29/h3-25H,1-2H3/q+1. The lowest BCUT2D eigenvalue weighted by molar-refractivity contribution is -0.403. The zero-order valence-electron chi connectivity index (χ0n) is 22.5. The lowest BCUT2D eigenvalue weighted by atomic mass is 9.91. The third kappa shape index (κ3) is 4.83. The van der Waals surface area contributed by atoms with Gasteiger partial charge in [-0.3, -0.25) is 4.79 Å². The van der Waals surface area contributed by atoms with Crippen molar-refractivity contribution >= 4 is 39.3 Å². The predicted molar refractivity (Wildman–Crippen MR) is 165 cm³/mol. The summed E-state index contributed by atoms with van der Waals surface area (Å²) in [5.41, 5.74) is 8.10. The van der Waals surface area contributed by atoms with Gasteiger partial charge in [0.05, 0.1) is 10.9 Å².